The Balaban J connectivity index is 1.99. The largest absolute Gasteiger partial charge is 0.312 e. The van der Waals surface area contributed by atoms with Crippen molar-refractivity contribution in [2.45, 2.75) is 26.4 Å². The van der Waals surface area contributed by atoms with Crippen molar-refractivity contribution < 1.29 is 0 Å². The average molecular weight is 208 g/mol. The molecule has 0 aliphatic carbocycles. The molecule has 0 spiro atoms. The Bertz CT molecular complexity index is 331. The van der Waals surface area contributed by atoms with E-state index in [0.29, 0.717) is 6.04 Å². The fraction of sp³-hybridized carbons (Fsp3) is 0.727. The lowest BCUT2D eigenvalue weighted by molar-refractivity contribution is 0.199. The van der Waals surface area contributed by atoms with E-state index in [4.69, 9.17) is 0 Å². The second-order valence-corrected chi connectivity index (χ2v) is 4.50. The van der Waals surface area contributed by atoms with Crippen LogP contribution < -0.4 is 5.32 Å². The van der Waals surface area contributed by atoms with Crippen molar-refractivity contribution in [1.82, 2.24) is 20.0 Å². The maximum absolute atomic E-state index is 4.37. The second kappa shape index (κ2) is 4.33. The molecule has 15 heavy (non-hydrogen) atoms. The third-order valence-electron chi connectivity index (χ3n) is 2.96. The fourth-order valence-corrected chi connectivity index (χ4v) is 2.20. The second-order valence-electron chi connectivity index (χ2n) is 4.50. The van der Waals surface area contributed by atoms with Gasteiger partial charge in [0.1, 0.15) is 0 Å². The first-order chi connectivity index (χ1) is 7.15. The van der Waals surface area contributed by atoms with Crippen LogP contribution >= 0.6 is 0 Å². The molecule has 2 heterocycles. The Kier molecular flexibility index (Phi) is 3.07. The van der Waals surface area contributed by atoms with Crippen LogP contribution in [0, 0.1) is 6.92 Å². The van der Waals surface area contributed by atoms with Crippen molar-refractivity contribution in [1.29, 1.82) is 0 Å². The molecule has 1 fully saturated rings. The van der Waals surface area contributed by atoms with Gasteiger partial charge in [-0.25, -0.2) is 0 Å². The van der Waals surface area contributed by atoms with E-state index in [1.807, 2.05) is 11.7 Å². The van der Waals surface area contributed by atoms with Gasteiger partial charge in [-0.2, -0.15) is 5.10 Å². The Morgan fingerprint density at radius 1 is 1.60 bits per heavy atom. The first-order valence-corrected chi connectivity index (χ1v) is 5.60. The summed E-state index contributed by atoms with van der Waals surface area (Å²) in [4.78, 5) is 2.49. The summed E-state index contributed by atoms with van der Waals surface area (Å²) in [6.45, 7) is 8.72. The van der Waals surface area contributed by atoms with E-state index in [1.165, 1.54) is 5.56 Å². The molecule has 0 bridgehead atoms. The monoisotopic (exact) mass is 208 g/mol. The van der Waals surface area contributed by atoms with Crippen LogP contribution in [0.2, 0.25) is 0 Å². The zero-order valence-corrected chi connectivity index (χ0v) is 9.82. The Morgan fingerprint density at radius 2 is 2.40 bits per heavy atom. The van der Waals surface area contributed by atoms with Gasteiger partial charge in [0.25, 0.3) is 0 Å². The molecule has 0 unspecified atom stereocenters. The highest BCUT2D eigenvalue weighted by molar-refractivity contribution is 5.15. The van der Waals surface area contributed by atoms with E-state index >= 15 is 0 Å². The zero-order chi connectivity index (χ0) is 10.8. The molecule has 84 valence electrons. The standard InChI is InChI=1S/C11H20N4/c1-9-6-15(5-4-12-9)8-11-7-14(3)13-10(11)2/h7,9,12H,4-6,8H2,1-3H3/t9-/m0/s1. The van der Waals surface area contributed by atoms with E-state index in [9.17, 15) is 0 Å². The number of aromatic nitrogens is 2. The van der Waals surface area contributed by atoms with E-state index in [-0.39, 0.29) is 0 Å². The first kappa shape index (κ1) is 10.6. The predicted molar refractivity (Wildman–Crippen MR) is 60.7 cm³/mol. The quantitative estimate of drug-likeness (QED) is 0.769. The van der Waals surface area contributed by atoms with Crippen LogP contribution in [0.25, 0.3) is 0 Å². The number of nitrogens with zero attached hydrogens (tertiary/aromatic N) is 3. The minimum atomic E-state index is 0.607. The molecule has 0 amide bonds. The number of hydrogen-bond acceptors (Lipinski definition) is 3. The van der Waals surface area contributed by atoms with Gasteiger partial charge < -0.3 is 5.32 Å². The molecule has 4 heteroatoms. The highest BCUT2D eigenvalue weighted by Gasteiger charge is 2.16. The molecule has 1 N–H and O–H groups in total. The van der Waals surface area contributed by atoms with Gasteiger partial charge in [0.2, 0.25) is 0 Å². The number of hydrogen-bond donors (Lipinski definition) is 1. The molecule has 4 nitrogen and oxygen atoms in total. The van der Waals surface area contributed by atoms with Gasteiger partial charge in [-0.3, -0.25) is 9.58 Å². The molecule has 1 aromatic heterocycles. The highest BCUT2D eigenvalue weighted by atomic mass is 15.3. The molecule has 0 saturated carbocycles. The molecule has 1 saturated heterocycles. The number of piperazine rings is 1. The van der Waals surface area contributed by atoms with Crippen molar-refractivity contribution in [3.8, 4) is 0 Å². The normalized spacial score (nSPS) is 23.3. The first-order valence-electron chi connectivity index (χ1n) is 5.60. The maximum atomic E-state index is 4.37. The summed E-state index contributed by atoms with van der Waals surface area (Å²) in [7, 11) is 1.98. The Hall–Kier alpha value is -0.870. The maximum Gasteiger partial charge on any atom is 0.0638 e. The summed E-state index contributed by atoms with van der Waals surface area (Å²) in [5, 5.41) is 7.83. The third-order valence-corrected chi connectivity index (χ3v) is 2.96. The van der Waals surface area contributed by atoms with Crippen molar-refractivity contribution in [2.24, 2.45) is 7.05 Å². The Morgan fingerprint density at radius 3 is 3.00 bits per heavy atom. The fourth-order valence-electron chi connectivity index (χ4n) is 2.20. The van der Waals surface area contributed by atoms with E-state index in [2.05, 4.69) is 35.4 Å². The molecule has 1 atom stereocenters. The summed E-state index contributed by atoms with van der Waals surface area (Å²) >= 11 is 0. The minimum absolute atomic E-state index is 0.607. The number of nitrogens with one attached hydrogen (secondary N) is 1. The average Bonchev–Trinajstić information content (AvgIpc) is 2.45. The minimum Gasteiger partial charge on any atom is -0.312 e. The van der Waals surface area contributed by atoms with Gasteiger partial charge in [-0.1, -0.05) is 0 Å². The van der Waals surface area contributed by atoms with E-state index in [0.717, 1.165) is 31.9 Å². The predicted octanol–water partition coefficient (Wildman–Crippen LogP) is 0.522. The SMILES string of the molecule is Cc1nn(C)cc1CN1CCN[C@@H](C)C1. The van der Waals surface area contributed by atoms with Gasteiger partial charge >= 0.3 is 0 Å². The van der Waals surface area contributed by atoms with Crippen molar-refractivity contribution in [3.63, 3.8) is 0 Å². The molecule has 2 rings (SSSR count). The lowest BCUT2D eigenvalue weighted by Gasteiger charge is -2.31. The summed E-state index contributed by atoms with van der Waals surface area (Å²) in [5.74, 6) is 0. The van der Waals surface area contributed by atoms with Crippen molar-refractivity contribution >= 4 is 0 Å². The zero-order valence-electron chi connectivity index (χ0n) is 9.82. The molecule has 1 aromatic rings. The van der Waals surface area contributed by atoms with Crippen LogP contribution in [0.5, 0.6) is 0 Å². The van der Waals surface area contributed by atoms with Gasteiger partial charge in [-0.15, -0.1) is 0 Å². The van der Waals surface area contributed by atoms with E-state index < -0.39 is 0 Å². The molecule has 0 aromatic carbocycles. The van der Waals surface area contributed by atoms with E-state index in [1.54, 1.807) is 0 Å². The topological polar surface area (TPSA) is 33.1 Å². The molecule has 1 aliphatic heterocycles. The third kappa shape index (κ3) is 2.58. The van der Waals surface area contributed by atoms with Gasteiger partial charge in [0.15, 0.2) is 0 Å². The molecular formula is C11H20N4. The van der Waals surface area contributed by atoms with Crippen LogP contribution in [-0.4, -0.2) is 40.4 Å². The smallest absolute Gasteiger partial charge is 0.0638 e. The Labute approximate surface area is 91.3 Å². The van der Waals surface area contributed by atoms with Crippen LogP contribution in [-0.2, 0) is 13.6 Å². The summed E-state index contributed by atoms with van der Waals surface area (Å²) in [6, 6.07) is 0.607. The highest BCUT2D eigenvalue weighted by Crippen LogP contribution is 2.10. The van der Waals surface area contributed by atoms with Gasteiger partial charge in [0.05, 0.1) is 5.69 Å². The number of rotatable bonds is 2. The van der Waals surface area contributed by atoms with Crippen LogP contribution in [0.4, 0.5) is 0 Å². The molecular weight excluding hydrogens is 188 g/mol. The molecule has 0 radical (unpaired) electrons. The van der Waals surface area contributed by atoms with Gasteiger partial charge in [-0.05, 0) is 13.8 Å². The summed E-state index contributed by atoms with van der Waals surface area (Å²) < 4.78 is 1.90. The van der Waals surface area contributed by atoms with Crippen molar-refractivity contribution in [3.05, 3.63) is 17.5 Å². The van der Waals surface area contributed by atoms with Crippen LogP contribution in [0.3, 0.4) is 0 Å². The molecule has 1 aliphatic rings. The van der Waals surface area contributed by atoms with Crippen molar-refractivity contribution in [2.75, 3.05) is 19.6 Å². The number of aryl methyl sites for hydroxylation is 2. The van der Waals surface area contributed by atoms with Gasteiger partial charge in [0, 0.05) is 51.0 Å². The lowest BCUT2D eigenvalue weighted by atomic mass is 10.2. The van der Waals surface area contributed by atoms with Crippen LogP contribution in [0.15, 0.2) is 6.20 Å². The summed E-state index contributed by atoms with van der Waals surface area (Å²) in [6.07, 6.45) is 2.13. The summed E-state index contributed by atoms with van der Waals surface area (Å²) in [5.41, 5.74) is 2.51. The van der Waals surface area contributed by atoms with Crippen LogP contribution in [0.1, 0.15) is 18.2 Å². The lowest BCUT2D eigenvalue weighted by Crippen LogP contribution is -2.48.